The van der Waals surface area contributed by atoms with Gasteiger partial charge in [-0.3, -0.25) is 4.72 Å². The van der Waals surface area contributed by atoms with E-state index in [4.69, 9.17) is 33.4 Å². The van der Waals surface area contributed by atoms with Gasteiger partial charge in [-0.2, -0.15) is 0 Å². The zero-order valence-electron chi connectivity index (χ0n) is 10.8. The summed E-state index contributed by atoms with van der Waals surface area (Å²) in [5.74, 6) is 0.619. The Balaban J connectivity index is 2.44. The van der Waals surface area contributed by atoms with Crippen LogP contribution in [0.5, 0.6) is 0 Å². The lowest BCUT2D eigenvalue weighted by Crippen LogP contribution is -2.14. The Morgan fingerprint density at radius 3 is 2.33 bits per heavy atom. The molecule has 1 aromatic carbocycles. The molecule has 5 nitrogen and oxygen atoms in total. The van der Waals surface area contributed by atoms with Gasteiger partial charge in [0.25, 0.3) is 10.0 Å². The number of hydrogen-bond donors (Lipinski definition) is 2. The molecule has 0 aliphatic rings. The van der Waals surface area contributed by atoms with Crippen LogP contribution in [-0.4, -0.2) is 8.42 Å². The Labute approximate surface area is 140 Å². The molecule has 2 aromatic rings. The first kappa shape index (κ1) is 16.6. The standard InChI is InChI=1S/C12H11BrCl2N2O3S/c1-6-11(4-8(5-16)20-6)21(18,19)17-12-9(14)2-7(13)3-10(12)15/h2-4,17H,5,16H2,1H3. The zero-order valence-corrected chi connectivity index (χ0v) is 14.7. The maximum absolute atomic E-state index is 12.4. The average Bonchev–Trinajstić information content (AvgIpc) is 2.76. The van der Waals surface area contributed by atoms with Gasteiger partial charge in [0.1, 0.15) is 16.4 Å². The fraction of sp³-hybridized carbons (Fsp3) is 0.167. The molecule has 0 atom stereocenters. The van der Waals surface area contributed by atoms with Crippen molar-refractivity contribution < 1.29 is 12.8 Å². The molecule has 0 amide bonds. The Morgan fingerprint density at radius 1 is 1.29 bits per heavy atom. The number of hydrogen-bond acceptors (Lipinski definition) is 4. The van der Waals surface area contributed by atoms with E-state index in [-0.39, 0.29) is 32.9 Å². The van der Waals surface area contributed by atoms with Gasteiger partial charge in [0.15, 0.2) is 0 Å². The summed E-state index contributed by atoms with van der Waals surface area (Å²) in [6.07, 6.45) is 0. The molecule has 0 spiro atoms. The first-order chi connectivity index (χ1) is 9.74. The third-order valence-corrected chi connectivity index (χ3v) is 5.17. The lowest BCUT2D eigenvalue weighted by molar-refractivity contribution is 0.479. The molecule has 21 heavy (non-hydrogen) atoms. The second-order valence-corrected chi connectivity index (χ2v) is 7.57. The number of halogens is 3. The van der Waals surface area contributed by atoms with Crippen molar-refractivity contribution in [1.29, 1.82) is 0 Å². The van der Waals surface area contributed by atoms with Gasteiger partial charge in [-0.15, -0.1) is 0 Å². The quantitative estimate of drug-likeness (QED) is 0.795. The first-order valence-corrected chi connectivity index (χ1v) is 8.74. The predicted octanol–water partition coefficient (Wildman–Crippen LogP) is 3.92. The van der Waals surface area contributed by atoms with Gasteiger partial charge in [0, 0.05) is 10.5 Å². The van der Waals surface area contributed by atoms with Crippen LogP contribution in [0, 0.1) is 6.92 Å². The minimum atomic E-state index is -3.87. The maximum Gasteiger partial charge on any atom is 0.265 e. The highest BCUT2D eigenvalue weighted by atomic mass is 79.9. The molecule has 9 heteroatoms. The van der Waals surface area contributed by atoms with E-state index in [9.17, 15) is 8.42 Å². The summed E-state index contributed by atoms with van der Waals surface area (Å²) < 4.78 is 33.1. The summed E-state index contributed by atoms with van der Waals surface area (Å²) in [5, 5.41) is 0.358. The van der Waals surface area contributed by atoms with Crippen LogP contribution in [0.3, 0.4) is 0 Å². The third-order valence-electron chi connectivity index (χ3n) is 2.66. The van der Waals surface area contributed by atoms with E-state index in [0.717, 1.165) is 0 Å². The van der Waals surface area contributed by atoms with Gasteiger partial charge >= 0.3 is 0 Å². The Hall–Kier alpha value is -0.730. The third kappa shape index (κ3) is 3.54. The fourth-order valence-electron chi connectivity index (χ4n) is 1.72. The average molecular weight is 414 g/mol. The number of furan rings is 1. The predicted molar refractivity (Wildman–Crippen MR) is 86.3 cm³/mol. The minimum Gasteiger partial charge on any atom is -0.464 e. The number of anilines is 1. The summed E-state index contributed by atoms with van der Waals surface area (Å²) in [7, 11) is -3.87. The molecule has 1 aromatic heterocycles. The Kier molecular flexibility index (Phi) is 4.89. The van der Waals surface area contributed by atoms with Gasteiger partial charge in [-0.05, 0) is 19.1 Å². The summed E-state index contributed by atoms with van der Waals surface area (Å²) in [5.41, 5.74) is 5.54. The van der Waals surface area contributed by atoms with E-state index in [1.165, 1.54) is 6.07 Å². The molecular formula is C12H11BrCl2N2O3S. The van der Waals surface area contributed by atoms with Gasteiger partial charge in [-0.25, -0.2) is 8.42 Å². The molecule has 114 valence electrons. The zero-order chi connectivity index (χ0) is 15.8. The molecule has 0 unspecified atom stereocenters. The van der Waals surface area contributed by atoms with Crippen molar-refractivity contribution in [3.05, 3.63) is 44.2 Å². The highest BCUT2D eigenvalue weighted by Gasteiger charge is 2.23. The summed E-state index contributed by atoms with van der Waals surface area (Å²) in [6.45, 7) is 1.65. The molecule has 0 radical (unpaired) electrons. The van der Waals surface area contributed by atoms with Crippen molar-refractivity contribution in [2.45, 2.75) is 18.4 Å². The lowest BCUT2D eigenvalue weighted by Gasteiger charge is -2.11. The van der Waals surface area contributed by atoms with Crippen LogP contribution in [0.25, 0.3) is 0 Å². The van der Waals surface area contributed by atoms with Crippen molar-refractivity contribution in [3.63, 3.8) is 0 Å². The van der Waals surface area contributed by atoms with E-state index in [1.807, 2.05) is 0 Å². The molecule has 0 aliphatic heterocycles. The molecule has 0 saturated carbocycles. The number of benzene rings is 1. The van der Waals surface area contributed by atoms with Gasteiger partial charge in [0.2, 0.25) is 0 Å². The lowest BCUT2D eigenvalue weighted by atomic mass is 10.3. The number of sulfonamides is 1. The normalized spacial score (nSPS) is 11.7. The topological polar surface area (TPSA) is 85.3 Å². The summed E-state index contributed by atoms with van der Waals surface area (Å²) in [4.78, 5) is -0.00185. The molecule has 0 aliphatic carbocycles. The maximum atomic E-state index is 12.4. The smallest absolute Gasteiger partial charge is 0.265 e. The van der Waals surface area contributed by atoms with Crippen LogP contribution in [0.4, 0.5) is 5.69 Å². The van der Waals surface area contributed by atoms with E-state index in [2.05, 4.69) is 20.7 Å². The largest absolute Gasteiger partial charge is 0.464 e. The van der Waals surface area contributed by atoms with Gasteiger partial charge in [-0.1, -0.05) is 39.1 Å². The second kappa shape index (κ2) is 6.18. The van der Waals surface area contributed by atoms with E-state index in [1.54, 1.807) is 19.1 Å². The van der Waals surface area contributed by atoms with E-state index < -0.39 is 10.0 Å². The van der Waals surface area contributed by atoms with Crippen LogP contribution >= 0.6 is 39.1 Å². The van der Waals surface area contributed by atoms with Crippen LogP contribution in [0.1, 0.15) is 11.5 Å². The monoisotopic (exact) mass is 412 g/mol. The molecular weight excluding hydrogens is 403 g/mol. The Bertz CT molecular complexity index is 767. The number of aryl methyl sites for hydroxylation is 1. The van der Waals surface area contributed by atoms with Gasteiger partial charge < -0.3 is 10.2 Å². The van der Waals surface area contributed by atoms with Crippen LogP contribution in [-0.2, 0) is 16.6 Å². The SMILES string of the molecule is Cc1oc(CN)cc1S(=O)(=O)Nc1c(Cl)cc(Br)cc1Cl. The number of rotatable bonds is 4. The summed E-state index contributed by atoms with van der Waals surface area (Å²) >= 11 is 15.3. The number of nitrogens with one attached hydrogen (secondary N) is 1. The number of nitrogens with two attached hydrogens (primary N) is 1. The second-order valence-electron chi connectivity index (χ2n) is 4.19. The molecule has 3 N–H and O–H groups in total. The van der Waals surface area contributed by atoms with Crippen molar-refractivity contribution in [2.75, 3.05) is 4.72 Å². The molecule has 2 rings (SSSR count). The highest BCUT2D eigenvalue weighted by Crippen LogP contribution is 2.35. The molecule has 0 saturated heterocycles. The molecule has 0 fully saturated rings. The Morgan fingerprint density at radius 2 is 1.86 bits per heavy atom. The van der Waals surface area contributed by atoms with Crippen molar-refractivity contribution in [3.8, 4) is 0 Å². The minimum absolute atomic E-state index is 0.00185. The van der Waals surface area contributed by atoms with Crippen molar-refractivity contribution in [1.82, 2.24) is 0 Å². The van der Waals surface area contributed by atoms with Crippen LogP contribution in [0.2, 0.25) is 10.0 Å². The van der Waals surface area contributed by atoms with E-state index in [0.29, 0.717) is 10.2 Å². The summed E-state index contributed by atoms with van der Waals surface area (Å²) in [6, 6.07) is 4.45. The fourth-order valence-corrected chi connectivity index (χ4v) is 4.44. The van der Waals surface area contributed by atoms with Crippen molar-refractivity contribution in [2.24, 2.45) is 5.73 Å². The van der Waals surface area contributed by atoms with Crippen LogP contribution < -0.4 is 10.5 Å². The molecule has 0 bridgehead atoms. The van der Waals surface area contributed by atoms with Gasteiger partial charge in [0.05, 0.1) is 22.3 Å². The van der Waals surface area contributed by atoms with Crippen molar-refractivity contribution >= 4 is 54.8 Å². The van der Waals surface area contributed by atoms with Crippen LogP contribution in [0.15, 0.2) is 32.0 Å². The van der Waals surface area contributed by atoms with E-state index >= 15 is 0 Å². The highest BCUT2D eigenvalue weighted by molar-refractivity contribution is 9.10. The molecule has 1 heterocycles. The first-order valence-electron chi connectivity index (χ1n) is 5.71.